The van der Waals surface area contributed by atoms with E-state index in [1.165, 1.54) is 16.6 Å². The van der Waals surface area contributed by atoms with Gasteiger partial charge in [0, 0.05) is 49.4 Å². The number of amides is 1. The molecule has 188 valence electrons. The average Bonchev–Trinajstić information content (AvgIpc) is 2.84. The molecule has 1 aliphatic rings. The molecule has 0 saturated heterocycles. The molecule has 3 rings (SSSR count). The number of aliphatic hydroxyl groups excluding tert-OH is 1. The fourth-order valence-corrected chi connectivity index (χ4v) is 5.64. The van der Waals surface area contributed by atoms with Gasteiger partial charge in [-0.1, -0.05) is 32.6 Å². The van der Waals surface area contributed by atoms with Crippen LogP contribution in [-0.4, -0.2) is 72.5 Å². The van der Waals surface area contributed by atoms with Crippen LogP contribution in [0.15, 0.2) is 47.6 Å². The van der Waals surface area contributed by atoms with Crippen molar-refractivity contribution in [2.45, 2.75) is 44.7 Å². The highest BCUT2D eigenvalue weighted by Crippen LogP contribution is 2.34. The van der Waals surface area contributed by atoms with Gasteiger partial charge in [-0.15, -0.1) is 0 Å². The Balaban J connectivity index is 2.02. The topological polar surface area (TPSA) is 100 Å². The number of hydrogen-bond donors (Lipinski definition) is 1. The second-order valence-electron chi connectivity index (χ2n) is 9.25. The second kappa shape index (κ2) is 11.2. The molecule has 0 spiro atoms. The molecule has 9 heteroatoms. The van der Waals surface area contributed by atoms with Crippen molar-refractivity contribution in [3.63, 3.8) is 0 Å². The Morgan fingerprint density at radius 2 is 2.06 bits per heavy atom. The summed E-state index contributed by atoms with van der Waals surface area (Å²) in [5.74, 6) is 6.00. The average molecular weight is 500 g/mol. The van der Waals surface area contributed by atoms with E-state index >= 15 is 0 Å². The van der Waals surface area contributed by atoms with Crippen LogP contribution in [-0.2, 0) is 10.0 Å². The van der Waals surface area contributed by atoms with E-state index in [4.69, 9.17) is 4.74 Å². The number of likely N-dealkylation sites (N-methyl/N-ethyl adjacent to an activating group) is 1. The first kappa shape index (κ1) is 26.7. The summed E-state index contributed by atoms with van der Waals surface area (Å²) < 4.78 is 34.7. The van der Waals surface area contributed by atoms with Gasteiger partial charge in [-0.3, -0.25) is 9.78 Å². The third-order valence-electron chi connectivity index (χ3n) is 5.88. The van der Waals surface area contributed by atoms with Gasteiger partial charge < -0.3 is 14.7 Å². The molecule has 0 bridgehead atoms. The molecule has 2 aromatic rings. The van der Waals surface area contributed by atoms with Gasteiger partial charge >= 0.3 is 0 Å². The zero-order valence-corrected chi connectivity index (χ0v) is 21.6. The maximum atomic E-state index is 13.5. The number of sulfonamides is 1. The highest BCUT2D eigenvalue weighted by molar-refractivity contribution is 7.89. The number of benzene rings is 1. The number of hydrogen-bond acceptors (Lipinski definition) is 6. The Bertz CT molecular complexity index is 1200. The number of carbonyl (C=O) groups excluding carboxylic acids is 1. The van der Waals surface area contributed by atoms with Crippen molar-refractivity contribution < 1.29 is 23.1 Å². The number of aromatic nitrogens is 1. The van der Waals surface area contributed by atoms with E-state index in [9.17, 15) is 18.3 Å². The first-order valence-electron chi connectivity index (χ1n) is 11.6. The van der Waals surface area contributed by atoms with Crippen LogP contribution in [0.3, 0.4) is 0 Å². The van der Waals surface area contributed by atoms with Crippen molar-refractivity contribution in [2.24, 2.45) is 11.8 Å². The van der Waals surface area contributed by atoms with Gasteiger partial charge in [0.15, 0.2) is 0 Å². The number of aliphatic hydroxyl groups is 1. The summed E-state index contributed by atoms with van der Waals surface area (Å²) in [6.07, 6.45) is 2.61. The minimum Gasteiger partial charge on any atom is -0.487 e. The van der Waals surface area contributed by atoms with Gasteiger partial charge in [-0.05, 0) is 37.3 Å². The minimum absolute atomic E-state index is 0.0195. The maximum Gasteiger partial charge on any atom is 0.255 e. The standard InChI is InChI=1S/C26H33N3O5S/c1-18(2)8-9-21-10-11-25-23(13-21)34-24(16-28(5)26(31)22-7-6-12-27-14-22)19(3)15-29(20(4)17-30)35(25,32)33/h6-7,10-14,18-20,24,30H,15-17H2,1-5H3/t19-,20+,24+/m1/s1. The van der Waals surface area contributed by atoms with E-state index in [1.54, 1.807) is 49.3 Å². The van der Waals surface area contributed by atoms with E-state index in [0.29, 0.717) is 11.1 Å². The van der Waals surface area contributed by atoms with Gasteiger partial charge in [-0.25, -0.2) is 8.42 Å². The van der Waals surface area contributed by atoms with Crippen molar-refractivity contribution in [1.29, 1.82) is 0 Å². The summed E-state index contributed by atoms with van der Waals surface area (Å²) in [5.41, 5.74) is 1.10. The summed E-state index contributed by atoms with van der Waals surface area (Å²) >= 11 is 0. The first-order chi connectivity index (χ1) is 16.5. The van der Waals surface area contributed by atoms with E-state index in [-0.39, 0.29) is 48.1 Å². The number of ether oxygens (including phenoxy) is 1. The Morgan fingerprint density at radius 3 is 2.69 bits per heavy atom. The highest BCUT2D eigenvalue weighted by atomic mass is 32.2. The largest absolute Gasteiger partial charge is 0.487 e. The molecular formula is C26H33N3O5S. The zero-order chi connectivity index (χ0) is 25.8. The van der Waals surface area contributed by atoms with Crippen LogP contribution in [0.25, 0.3) is 0 Å². The van der Waals surface area contributed by atoms with E-state index < -0.39 is 22.2 Å². The van der Waals surface area contributed by atoms with Crippen LogP contribution in [0.1, 0.15) is 43.6 Å². The van der Waals surface area contributed by atoms with E-state index in [1.807, 2.05) is 20.8 Å². The summed E-state index contributed by atoms with van der Waals surface area (Å²) in [6, 6.07) is 7.58. The molecule has 1 amide bonds. The van der Waals surface area contributed by atoms with Crippen LogP contribution in [0, 0.1) is 23.7 Å². The quantitative estimate of drug-likeness (QED) is 0.635. The SMILES string of the molecule is CC(C)C#Cc1ccc2c(c1)O[C@@H](CN(C)C(=O)c1cccnc1)[C@H](C)CN([C@@H](C)CO)S2(=O)=O. The zero-order valence-electron chi connectivity index (χ0n) is 20.8. The summed E-state index contributed by atoms with van der Waals surface area (Å²) in [6.45, 7) is 7.56. The smallest absolute Gasteiger partial charge is 0.255 e. The van der Waals surface area contributed by atoms with Gasteiger partial charge in [0.25, 0.3) is 5.91 Å². The lowest BCUT2D eigenvalue weighted by molar-refractivity contribution is 0.0563. The van der Waals surface area contributed by atoms with Gasteiger partial charge in [0.1, 0.15) is 16.7 Å². The molecule has 1 aromatic carbocycles. The third-order valence-corrected chi connectivity index (χ3v) is 7.90. The number of carbonyl (C=O) groups is 1. The lowest BCUT2D eigenvalue weighted by atomic mass is 10.0. The lowest BCUT2D eigenvalue weighted by Crippen LogP contribution is -2.50. The fourth-order valence-electron chi connectivity index (χ4n) is 3.81. The number of fused-ring (bicyclic) bond motifs is 1. The molecule has 3 atom stereocenters. The Hall–Kier alpha value is -2.93. The van der Waals surface area contributed by atoms with Crippen LogP contribution in [0.4, 0.5) is 0 Å². The molecule has 1 aromatic heterocycles. The van der Waals surface area contributed by atoms with Crippen LogP contribution in [0.2, 0.25) is 0 Å². The van der Waals surface area contributed by atoms with Gasteiger partial charge in [0.2, 0.25) is 10.0 Å². The molecule has 0 unspecified atom stereocenters. The van der Waals surface area contributed by atoms with Crippen molar-refractivity contribution in [1.82, 2.24) is 14.2 Å². The van der Waals surface area contributed by atoms with Crippen LogP contribution in [0.5, 0.6) is 5.75 Å². The molecule has 1 aliphatic heterocycles. The first-order valence-corrected chi connectivity index (χ1v) is 13.1. The molecule has 2 heterocycles. The normalized spacial score (nSPS) is 20.4. The predicted octanol–water partition coefficient (Wildman–Crippen LogP) is 2.63. The maximum absolute atomic E-state index is 13.5. The highest BCUT2D eigenvalue weighted by Gasteiger charge is 2.38. The van der Waals surface area contributed by atoms with Crippen LogP contribution < -0.4 is 4.74 Å². The Labute approximate surface area is 208 Å². The number of rotatable bonds is 5. The summed E-state index contributed by atoms with van der Waals surface area (Å²) in [4.78, 5) is 18.5. The van der Waals surface area contributed by atoms with Crippen molar-refractivity contribution in [2.75, 3.05) is 26.7 Å². The molecule has 0 aliphatic carbocycles. The Kier molecular flexibility index (Phi) is 8.54. The van der Waals surface area contributed by atoms with Gasteiger partial charge in [-0.2, -0.15) is 4.31 Å². The molecule has 0 radical (unpaired) electrons. The lowest BCUT2D eigenvalue weighted by Gasteiger charge is -2.37. The Morgan fingerprint density at radius 1 is 1.31 bits per heavy atom. The van der Waals surface area contributed by atoms with E-state index in [0.717, 1.165) is 0 Å². The molecule has 8 nitrogen and oxygen atoms in total. The fraction of sp³-hybridized carbons (Fsp3) is 0.462. The number of nitrogens with zero attached hydrogens (tertiary/aromatic N) is 3. The predicted molar refractivity (Wildman–Crippen MR) is 133 cm³/mol. The van der Waals surface area contributed by atoms with Gasteiger partial charge in [0.05, 0.1) is 18.7 Å². The minimum atomic E-state index is -3.93. The van der Waals surface area contributed by atoms with Crippen molar-refractivity contribution in [3.05, 3.63) is 53.9 Å². The van der Waals surface area contributed by atoms with Crippen molar-refractivity contribution >= 4 is 15.9 Å². The molecule has 0 saturated carbocycles. The third kappa shape index (κ3) is 6.20. The van der Waals surface area contributed by atoms with Crippen LogP contribution >= 0.6 is 0 Å². The van der Waals surface area contributed by atoms with E-state index in [2.05, 4.69) is 16.8 Å². The number of pyridine rings is 1. The second-order valence-corrected chi connectivity index (χ2v) is 11.1. The molecule has 1 N–H and O–H groups in total. The van der Waals surface area contributed by atoms with Crippen molar-refractivity contribution in [3.8, 4) is 17.6 Å². The summed E-state index contributed by atoms with van der Waals surface area (Å²) in [5, 5.41) is 9.78. The molecule has 0 fully saturated rings. The molecule has 35 heavy (non-hydrogen) atoms. The molecular weight excluding hydrogens is 466 g/mol. The monoisotopic (exact) mass is 499 g/mol. The summed E-state index contributed by atoms with van der Waals surface area (Å²) in [7, 11) is -2.25.